The molecule has 1 aliphatic rings. The number of terminal acetylenes is 1. The Balaban J connectivity index is 2.70. The summed E-state index contributed by atoms with van der Waals surface area (Å²) in [5.41, 5.74) is -0.950. The van der Waals surface area contributed by atoms with Crippen molar-refractivity contribution in [3.8, 4) is 12.3 Å². The van der Waals surface area contributed by atoms with Crippen LogP contribution in [0.4, 0.5) is 0 Å². The smallest absolute Gasteiger partial charge is 0.125 e. The summed E-state index contributed by atoms with van der Waals surface area (Å²) in [5.74, 6) is 2.65. The number of nitrogens with zero attached hydrogens (tertiary/aromatic N) is 1. The monoisotopic (exact) mass is 311 g/mol. The maximum absolute atomic E-state index is 10.4. The summed E-state index contributed by atoms with van der Waals surface area (Å²) in [4.78, 5) is 2.28. The van der Waals surface area contributed by atoms with Crippen LogP contribution in [0.3, 0.4) is 0 Å². The fraction of sp³-hybridized carbons (Fsp3) is 0.889. The molecule has 4 heteroatoms. The fourth-order valence-corrected chi connectivity index (χ4v) is 3.55. The Morgan fingerprint density at radius 2 is 1.82 bits per heavy atom. The van der Waals surface area contributed by atoms with E-state index in [0.717, 1.165) is 0 Å². The Kier molecular flexibility index (Phi) is 6.08. The molecule has 1 saturated heterocycles. The molecule has 0 spiro atoms. The van der Waals surface area contributed by atoms with Gasteiger partial charge in [-0.15, -0.1) is 6.42 Å². The quantitative estimate of drug-likeness (QED) is 0.738. The van der Waals surface area contributed by atoms with E-state index < -0.39 is 11.7 Å². The first-order valence-electron chi connectivity index (χ1n) is 8.21. The van der Waals surface area contributed by atoms with E-state index >= 15 is 0 Å². The Bertz CT molecular complexity index is 395. The molecule has 1 rings (SSSR count). The van der Waals surface area contributed by atoms with Crippen molar-refractivity contribution in [2.45, 2.75) is 89.7 Å². The van der Waals surface area contributed by atoms with Gasteiger partial charge in [0.05, 0.1) is 18.8 Å². The molecule has 0 unspecified atom stereocenters. The van der Waals surface area contributed by atoms with Gasteiger partial charge in [0, 0.05) is 17.6 Å². The van der Waals surface area contributed by atoms with Gasteiger partial charge in [0.25, 0.3) is 0 Å². The van der Waals surface area contributed by atoms with Crippen molar-refractivity contribution < 1.29 is 14.9 Å². The van der Waals surface area contributed by atoms with Gasteiger partial charge in [-0.25, -0.2) is 0 Å². The Morgan fingerprint density at radius 1 is 1.32 bits per heavy atom. The minimum absolute atomic E-state index is 0.164. The van der Waals surface area contributed by atoms with Gasteiger partial charge < -0.3 is 14.9 Å². The van der Waals surface area contributed by atoms with Crippen LogP contribution < -0.4 is 0 Å². The molecule has 0 aliphatic carbocycles. The molecule has 128 valence electrons. The van der Waals surface area contributed by atoms with Gasteiger partial charge in [0.1, 0.15) is 5.60 Å². The van der Waals surface area contributed by atoms with Gasteiger partial charge in [0.15, 0.2) is 0 Å². The predicted molar refractivity (Wildman–Crippen MR) is 89.6 cm³/mol. The highest BCUT2D eigenvalue weighted by Gasteiger charge is 2.45. The highest BCUT2D eigenvalue weighted by molar-refractivity contribution is 5.05. The first-order valence-corrected chi connectivity index (χ1v) is 8.21. The van der Waals surface area contributed by atoms with Crippen LogP contribution in [0.5, 0.6) is 0 Å². The molecule has 0 saturated carbocycles. The molecule has 22 heavy (non-hydrogen) atoms. The maximum atomic E-state index is 10.4. The van der Waals surface area contributed by atoms with Gasteiger partial charge in [-0.1, -0.05) is 12.8 Å². The first kappa shape index (κ1) is 19.4. The molecule has 4 nitrogen and oxygen atoms in total. The van der Waals surface area contributed by atoms with Crippen molar-refractivity contribution in [3.05, 3.63) is 0 Å². The summed E-state index contributed by atoms with van der Waals surface area (Å²) in [6, 6.07) is 0. The average molecular weight is 311 g/mol. The van der Waals surface area contributed by atoms with Crippen molar-refractivity contribution >= 4 is 0 Å². The zero-order chi connectivity index (χ0) is 17.2. The number of aliphatic hydroxyl groups is 2. The number of rotatable bonds is 6. The SMILES string of the molecule is C#C[C@](C)(CC)OC[C@@H](O)CN1C(C)(C)CC(O)CC1(C)C. The molecule has 0 aromatic heterocycles. The minimum Gasteiger partial charge on any atom is -0.393 e. The Labute approximate surface area is 135 Å². The van der Waals surface area contributed by atoms with E-state index in [1.807, 2.05) is 13.8 Å². The molecule has 2 N–H and O–H groups in total. The molecule has 0 bridgehead atoms. The van der Waals surface area contributed by atoms with Crippen LogP contribution in [-0.4, -0.2) is 57.2 Å². The van der Waals surface area contributed by atoms with Gasteiger partial charge in [-0.3, -0.25) is 4.90 Å². The standard InChI is InChI=1S/C18H33NO3/c1-8-18(7,9-2)22-13-15(21)12-19-16(3,4)10-14(20)11-17(19,5)6/h1,14-15,20-21H,9-13H2,2-7H3/t15-,18+/m0/s1. The number of hydrogen-bond acceptors (Lipinski definition) is 4. The van der Waals surface area contributed by atoms with Crippen molar-refractivity contribution in [2.24, 2.45) is 0 Å². The van der Waals surface area contributed by atoms with Crippen LogP contribution in [-0.2, 0) is 4.74 Å². The highest BCUT2D eigenvalue weighted by atomic mass is 16.5. The lowest BCUT2D eigenvalue weighted by atomic mass is 9.78. The van der Waals surface area contributed by atoms with E-state index in [1.54, 1.807) is 0 Å². The number of piperidine rings is 1. The summed E-state index contributed by atoms with van der Waals surface area (Å²) >= 11 is 0. The van der Waals surface area contributed by atoms with Crippen molar-refractivity contribution in [3.63, 3.8) is 0 Å². The topological polar surface area (TPSA) is 52.9 Å². The van der Waals surface area contributed by atoms with E-state index in [-0.39, 0.29) is 23.8 Å². The van der Waals surface area contributed by atoms with Crippen LogP contribution in [0.2, 0.25) is 0 Å². The van der Waals surface area contributed by atoms with Crippen LogP contribution in [0.25, 0.3) is 0 Å². The second-order valence-electron chi connectivity index (χ2n) is 7.99. The third kappa shape index (κ3) is 4.70. The normalized spacial score (nSPS) is 26.1. The molecule has 0 aromatic carbocycles. The van der Waals surface area contributed by atoms with Crippen LogP contribution in [0, 0.1) is 12.3 Å². The molecule has 0 amide bonds. The van der Waals surface area contributed by atoms with E-state index in [1.165, 1.54) is 0 Å². The zero-order valence-electron chi connectivity index (χ0n) is 15.0. The molecule has 2 atom stereocenters. The molecule has 1 aliphatic heterocycles. The fourth-order valence-electron chi connectivity index (χ4n) is 3.55. The third-order valence-corrected chi connectivity index (χ3v) is 4.90. The van der Waals surface area contributed by atoms with Crippen molar-refractivity contribution in [2.75, 3.05) is 13.2 Å². The lowest BCUT2D eigenvalue weighted by Gasteiger charge is -2.55. The first-order chi connectivity index (χ1) is 9.96. The van der Waals surface area contributed by atoms with Crippen LogP contribution in [0.15, 0.2) is 0 Å². The number of hydrogen-bond donors (Lipinski definition) is 2. The maximum Gasteiger partial charge on any atom is 0.125 e. The highest BCUT2D eigenvalue weighted by Crippen LogP contribution is 2.38. The van der Waals surface area contributed by atoms with Crippen LogP contribution >= 0.6 is 0 Å². The molecular weight excluding hydrogens is 278 g/mol. The van der Waals surface area contributed by atoms with Crippen LogP contribution in [0.1, 0.15) is 60.8 Å². The molecule has 1 heterocycles. The van der Waals surface area contributed by atoms with Gasteiger partial charge >= 0.3 is 0 Å². The second-order valence-corrected chi connectivity index (χ2v) is 7.99. The number of ether oxygens (including phenoxy) is 1. The van der Waals surface area contributed by atoms with Gasteiger partial charge in [-0.2, -0.15) is 0 Å². The summed E-state index contributed by atoms with van der Waals surface area (Å²) in [6.45, 7) is 13.0. The third-order valence-electron chi connectivity index (χ3n) is 4.90. The zero-order valence-corrected chi connectivity index (χ0v) is 15.0. The summed E-state index contributed by atoms with van der Waals surface area (Å²) < 4.78 is 5.73. The van der Waals surface area contributed by atoms with E-state index in [4.69, 9.17) is 11.2 Å². The summed E-state index contributed by atoms with van der Waals surface area (Å²) in [6.07, 6.45) is 6.73. The lowest BCUT2D eigenvalue weighted by Crippen LogP contribution is -2.63. The van der Waals surface area contributed by atoms with Crippen molar-refractivity contribution in [1.82, 2.24) is 4.90 Å². The van der Waals surface area contributed by atoms with E-state index in [0.29, 0.717) is 25.8 Å². The molecule has 0 radical (unpaired) electrons. The predicted octanol–water partition coefficient (Wildman–Crippen LogP) is 2.18. The van der Waals surface area contributed by atoms with Gasteiger partial charge in [-0.05, 0) is 53.9 Å². The second kappa shape index (κ2) is 6.88. The molecule has 1 fully saturated rings. The van der Waals surface area contributed by atoms with Crippen molar-refractivity contribution in [1.29, 1.82) is 0 Å². The largest absolute Gasteiger partial charge is 0.393 e. The lowest BCUT2D eigenvalue weighted by molar-refractivity contribution is -0.113. The summed E-state index contributed by atoms with van der Waals surface area (Å²) in [5, 5.41) is 20.5. The Morgan fingerprint density at radius 3 is 2.23 bits per heavy atom. The number of aliphatic hydroxyl groups excluding tert-OH is 2. The minimum atomic E-state index is -0.621. The van der Waals surface area contributed by atoms with E-state index in [9.17, 15) is 10.2 Å². The average Bonchev–Trinajstić information content (AvgIpc) is 2.39. The Hall–Kier alpha value is -0.600. The molecule has 0 aromatic rings. The summed E-state index contributed by atoms with van der Waals surface area (Å²) in [7, 11) is 0. The number of likely N-dealkylation sites (tertiary alicyclic amines) is 1. The number of β-amino-alcohol motifs (C(OH)–C–C–N with tert-alkyl or cyclic N) is 1. The van der Waals surface area contributed by atoms with Gasteiger partial charge in [0.2, 0.25) is 0 Å². The van der Waals surface area contributed by atoms with E-state index in [2.05, 4.69) is 38.5 Å². The molecular formula is C18H33NO3.